The van der Waals surface area contributed by atoms with Gasteiger partial charge in [0.25, 0.3) is 0 Å². The van der Waals surface area contributed by atoms with Crippen LogP contribution < -0.4 is 10.1 Å². The lowest BCUT2D eigenvalue weighted by molar-refractivity contribution is 0.340. The number of ether oxygens (including phenoxy) is 1. The van der Waals surface area contributed by atoms with Crippen molar-refractivity contribution in [1.29, 1.82) is 0 Å². The maximum Gasteiger partial charge on any atom is 0.151 e. The molecule has 0 aliphatic carbocycles. The van der Waals surface area contributed by atoms with Crippen molar-refractivity contribution in [3.63, 3.8) is 0 Å². The molecule has 0 saturated heterocycles. The highest BCUT2D eigenvalue weighted by Gasteiger charge is 2.06. The molecular weight excluding hydrogens is 238 g/mol. The summed E-state index contributed by atoms with van der Waals surface area (Å²) < 4.78 is 27.9. The molecule has 0 atom stereocenters. The molecule has 1 aromatic carbocycles. The minimum absolute atomic E-state index is 0.163. The summed E-state index contributed by atoms with van der Waals surface area (Å²) in [6, 6.07) is 7.48. The minimum atomic E-state index is -2.89. The van der Waals surface area contributed by atoms with Gasteiger partial charge in [0.15, 0.2) is 9.84 Å². The Balaban J connectivity index is 2.42. The van der Waals surface area contributed by atoms with Gasteiger partial charge in [0, 0.05) is 18.0 Å². The molecule has 17 heavy (non-hydrogen) atoms. The fourth-order valence-electron chi connectivity index (χ4n) is 1.33. The zero-order valence-corrected chi connectivity index (χ0v) is 11.1. The standard InChI is InChI=1S/C12H19NO3S/c1-3-16-12-7-5-11(6-8-12)13-9-10-17(14,15)4-2/h5-8,13H,3-4,9-10H2,1-2H3. The van der Waals surface area contributed by atoms with Gasteiger partial charge in [0.2, 0.25) is 0 Å². The molecule has 1 N–H and O–H groups in total. The molecule has 0 saturated carbocycles. The third-order valence-corrected chi connectivity index (χ3v) is 4.05. The maximum atomic E-state index is 11.3. The topological polar surface area (TPSA) is 55.4 Å². The Kier molecular flexibility index (Phi) is 5.28. The first-order valence-corrected chi connectivity index (χ1v) is 7.56. The normalized spacial score (nSPS) is 11.2. The van der Waals surface area contributed by atoms with Crippen LogP contribution in [0.2, 0.25) is 0 Å². The van der Waals surface area contributed by atoms with Crippen LogP contribution in [0.3, 0.4) is 0 Å². The van der Waals surface area contributed by atoms with Crippen LogP contribution in [0.15, 0.2) is 24.3 Å². The highest BCUT2D eigenvalue weighted by molar-refractivity contribution is 7.91. The van der Waals surface area contributed by atoms with Crippen LogP contribution in [0, 0.1) is 0 Å². The van der Waals surface area contributed by atoms with Crippen LogP contribution >= 0.6 is 0 Å². The highest BCUT2D eigenvalue weighted by atomic mass is 32.2. The van der Waals surface area contributed by atoms with Crippen molar-refractivity contribution in [3.8, 4) is 5.75 Å². The predicted octanol–water partition coefficient (Wildman–Crippen LogP) is 1.93. The molecule has 0 bridgehead atoms. The number of sulfone groups is 1. The second-order valence-corrected chi connectivity index (χ2v) is 6.09. The molecule has 0 aromatic heterocycles. The van der Waals surface area contributed by atoms with E-state index in [1.54, 1.807) is 6.92 Å². The summed E-state index contributed by atoms with van der Waals surface area (Å²) in [7, 11) is -2.89. The summed E-state index contributed by atoms with van der Waals surface area (Å²) >= 11 is 0. The van der Waals surface area contributed by atoms with Gasteiger partial charge >= 0.3 is 0 Å². The summed E-state index contributed by atoms with van der Waals surface area (Å²) in [5, 5.41) is 3.07. The monoisotopic (exact) mass is 257 g/mol. The summed E-state index contributed by atoms with van der Waals surface area (Å²) in [5.41, 5.74) is 0.903. The van der Waals surface area contributed by atoms with E-state index in [0.29, 0.717) is 13.2 Å². The SMILES string of the molecule is CCOc1ccc(NCCS(=O)(=O)CC)cc1. The third-order valence-electron chi connectivity index (χ3n) is 2.35. The average Bonchev–Trinajstić information content (AvgIpc) is 2.32. The van der Waals surface area contributed by atoms with Gasteiger partial charge in [0.05, 0.1) is 12.4 Å². The molecule has 1 aromatic rings. The zero-order chi connectivity index (χ0) is 12.7. The Labute approximate surface area is 103 Å². The number of hydrogen-bond donors (Lipinski definition) is 1. The maximum absolute atomic E-state index is 11.3. The number of nitrogens with one attached hydrogen (secondary N) is 1. The van der Waals surface area contributed by atoms with Crippen LogP contribution in [0.1, 0.15) is 13.8 Å². The molecule has 0 amide bonds. The van der Waals surface area contributed by atoms with Crippen molar-refractivity contribution < 1.29 is 13.2 Å². The van der Waals surface area contributed by atoms with Crippen molar-refractivity contribution in [2.45, 2.75) is 13.8 Å². The number of hydrogen-bond acceptors (Lipinski definition) is 4. The first-order valence-electron chi connectivity index (χ1n) is 5.74. The number of anilines is 1. The summed E-state index contributed by atoms with van der Waals surface area (Å²) in [5.74, 6) is 1.17. The summed E-state index contributed by atoms with van der Waals surface area (Å²) in [6.45, 7) is 4.67. The van der Waals surface area contributed by atoms with Crippen molar-refractivity contribution >= 4 is 15.5 Å². The third kappa shape index (κ3) is 5.08. The zero-order valence-electron chi connectivity index (χ0n) is 10.3. The van der Waals surface area contributed by atoms with Gasteiger partial charge in [0.1, 0.15) is 5.75 Å². The Hall–Kier alpha value is -1.23. The van der Waals surface area contributed by atoms with Gasteiger partial charge in [-0.3, -0.25) is 0 Å². The van der Waals surface area contributed by atoms with Gasteiger partial charge in [-0.15, -0.1) is 0 Å². The van der Waals surface area contributed by atoms with Gasteiger partial charge in [-0.05, 0) is 31.2 Å². The summed E-state index contributed by atoms with van der Waals surface area (Å²) in [4.78, 5) is 0. The van der Waals surface area contributed by atoms with E-state index in [0.717, 1.165) is 11.4 Å². The van der Waals surface area contributed by atoms with Gasteiger partial charge in [-0.2, -0.15) is 0 Å². The van der Waals surface area contributed by atoms with Crippen molar-refractivity contribution in [3.05, 3.63) is 24.3 Å². The average molecular weight is 257 g/mol. The van der Waals surface area contributed by atoms with E-state index >= 15 is 0 Å². The van der Waals surface area contributed by atoms with E-state index < -0.39 is 9.84 Å². The highest BCUT2D eigenvalue weighted by Crippen LogP contribution is 2.15. The Morgan fingerprint density at radius 2 is 1.82 bits per heavy atom. The van der Waals surface area contributed by atoms with Crippen LogP contribution in [-0.2, 0) is 9.84 Å². The second-order valence-electron chi connectivity index (χ2n) is 3.62. The van der Waals surface area contributed by atoms with Gasteiger partial charge < -0.3 is 10.1 Å². The van der Waals surface area contributed by atoms with Crippen molar-refractivity contribution in [1.82, 2.24) is 0 Å². The van der Waals surface area contributed by atoms with Crippen LogP contribution in [0.4, 0.5) is 5.69 Å². The number of rotatable bonds is 7. The van der Waals surface area contributed by atoms with E-state index in [-0.39, 0.29) is 11.5 Å². The van der Waals surface area contributed by atoms with E-state index in [1.165, 1.54) is 0 Å². The van der Waals surface area contributed by atoms with Crippen molar-refractivity contribution in [2.75, 3.05) is 30.0 Å². The first kappa shape index (κ1) is 13.8. The minimum Gasteiger partial charge on any atom is -0.494 e. The Morgan fingerprint density at radius 3 is 2.35 bits per heavy atom. The van der Waals surface area contributed by atoms with Crippen LogP contribution in [0.25, 0.3) is 0 Å². The molecule has 0 unspecified atom stereocenters. The fourth-order valence-corrected chi connectivity index (χ4v) is 2.03. The molecule has 0 radical (unpaired) electrons. The summed E-state index contributed by atoms with van der Waals surface area (Å²) in [6.07, 6.45) is 0. The molecular formula is C12H19NO3S. The molecule has 0 aliphatic rings. The van der Waals surface area contributed by atoms with E-state index in [1.807, 2.05) is 31.2 Å². The largest absolute Gasteiger partial charge is 0.494 e. The van der Waals surface area contributed by atoms with E-state index in [9.17, 15) is 8.42 Å². The fraction of sp³-hybridized carbons (Fsp3) is 0.500. The Bertz CT molecular complexity index is 426. The van der Waals surface area contributed by atoms with Gasteiger partial charge in [-0.25, -0.2) is 8.42 Å². The van der Waals surface area contributed by atoms with E-state index in [4.69, 9.17) is 4.74 Å². The predicted molar refractivity (Wildman–Crippen MR) is 70.4 cm³/mol. The smallest absolute Gasteiger partial charge is 0.151 e. The van der Waals surface area contributed by atoms with Crippen LogP contribution in [-0.4, -0.2) is 33.1 Å². The van der Waals surface area contributed by atoms with Crippen LogP contribution in [0.5, 0.6) is 5.75 Å². The quantitative estimate of drug-likeness (QED) is 0.811. The molecule has 0 heterocycles. The molecule has 0 aliphatic heterocycles. The molecule has 1 rings (SSSR count). The molecule has 0 spiro atoms. The molecule has 5 heteroatoms. The van der Waals surface area contributed by atoms with E-state index in [2.05, 4.69) is 5.32 Å². The molecule has 4 nitrogen and oxygen atoms in total. The lowest BCUT2D eigenvalue weighted by Gasteiger charge is -2.07. The number of benzene rings is 1. The molecule has 0 fully saturated rings. The second kappa shape index (κ2) is 6.49. The lowest BCUT2D eigenvalue weighted by atomic mass is 10.3. The first-order chi connectivity index (χ1) is 8.07. The lowest BCUT2D eigenvalue weighted by Crippen LogP contribution is -2.17. The molecule has 96 valence electrons. The van der Waals surface area contributed by atoms with Crippen molar-refractivity contribution in [2.24, 2.45) is 0 Å². The Morgan fingerprint density at radius 1 is 1.18 bits per heavy atom. The van der Waals surface area contributed by atoms with Gasteiger partial charge in [-0.1, -0.05) is 6.92 Å².